The van der Waals surface area contributed by atoms with E-state index in [1.165, 1.54) is 5.56 Å². The van der Waals surface area contributed by atoms with E-state index in [9.17, 15) is 4.79 Å². The van der Waals surface area contributed by atoms with E-state index in [0.29, 0.717) is 12.0 Å². The lowest BCUT2D eigenvalue weighted by Crippen LogP contribution is -2.34. The van der Waals surface area contributed by atoms with Crippen LogP contribution in [-0.2, 0) is 7.05 Å². The fraction of sp³-hybridized carbons (Fsp3) is 0.526. The molecule has 1 amide bonds. The minimum Gasteiger partial charge on any atom is -0.341 e. The molecule has 6 heteroatoms. The summed E-state index contributed by atoms with van der Waals surface area (Å²) in [5.41, 5.74) is 3.67. The van der Waals surface area contributed by atoms with Crippen LogP contribution in [0.2, 0.25) is 0 Å². The molecule has 1 aliphatic heterocycles. The highest BCUT2D eigenvalue weighted by molar-refractivity contribution is 5.96. The predicted octanol–water partition coefficient (Wildman–Crippen LogP) is 2.20. The minimum atomic E-state index is 0.0580. The van der Waals surface area contributed by atoms with Crippen molar-refractivity contribution in [1.82, 2.24) is 24.6 Å². The van der Waals surface area contributed by atoms with Crippen molar-refractivity contribution in [2.75, 3.05) is 27.2 Å². The first-order valence-corrected chi connectivity index (χ1v) is 8.76. The largest absolute Gasteiger partial charge is 0.341 e. The zero-order chi connectivity index (χ0) is 18.1. The highest BCUT2D eigenvalue weighted by Gasteiger charge is 2.35. The van der Waals surface area contributed by atoms with E-state index in [-0.39, 0.29) is 5.91 Å². The summed E-state index contributed by atoms with van der Waals surface area (Å²) in [6, 6.07) is 4.42. The third-order valence-electron chi connectivity index (χ3n) is 5.38. The number of carbonyl (C=O) groups is 1. The zero-order valence-corrected chi connectivity index (χ0v) is 15.7. The topological polar surface area (TPSA) is 54.3 Å². The van der Waals surface area contributed by atoms with Crippen LogP contribution in [0.1, 0.15) is 39.8 Å². The zero-order valence-electron chi connectivity index (χ0n) is 15.7. The summed E-state index contributed by atoms with van der Waals surface area (Å²) >= 11 is 0. The summed E-state index contributed by atoms with van der Waals surface area (Å²) in [7, 11) is 5.92. The molecule has 1 saturated heterocycles. The Labute approximate surface area is 149 Å². The first kappa shape index (κ1) is 17.6. The molecule has 2 atom stereocenters. The number of likely N-dealkylation sites (tertiary alicyclic amines) is 1. The summed E-state index contributed by atoms with van der Waals surface area (Å²) in [4.78, 5) is 21.4. The number of pyridine rings is 1. The molecule has 1 aliphatic rings. The summed E-state index contributed by atoms with van der Waals surface area (Å²) in [6.07, 6.45) is 4.83. The maximum Gasteiger partial charge on any atom is 0.257 e. The SMILES string of the molecule is Cc1nn(C)c(C)c1C(=O)N(C)C[C@@H]1CCN(C)[C@H]1c1cccnc1. The standard InChI is InChI=1S/C19H27N5O/c1-13-17(14(2)24(5)21-13)19(25)23(4)12-16-8-10-22(3)18(16)15-7-6-9-20-11-15/h6-7,9,11,16,18H,8,10,12H2,1-5H3/t16-,18-/m0/s1. The lowest BCUT2D eigenvalue weighted by Gasteiger charge is -2.28. The highest BCUT2D eigenvalue weighted by atomic mass is 16.2. The number of aryl methyl sites for hydroxylation is 2. The molecule has 0 aliphatic carbocycles. The molecule has 0 unspecified atom stereocenters. The van der Waals surface area contributed by atoms with E-state index in [4.69, 9.17) is 0 Å². The average molecular weight is 341 g/mol. The molecule has 25 heavy (non-hydrogen) atoms. The second kappa shape index (κ2) is 6.96. The Bertz CT molecular complexity index is 755. The van der Waals surface area contributed by atoms with E-state index < -0.39 is 0 Å². The molecule has 3 heterocycles. The van der Waals surface area contributed by atoms with Crippen molar-refractivity contribution in [3.8, 4) is 0 Å². The summed E-state index contributed by atoms with van der Waals surface area (Å²) in [5.74, 6) is 0.461. The Morgan fingerprint density at radius 2 is 2.12 bits per heavy atom. The van der Waals surface area contributed by atoms with E-state index in [2.05, 4.69) is 28.1 Å². The van der Waals surface area contributed by atoms with E-state index >= 15 is 0 Å². The third-order valence-corrected chi connectivity index (χ3v) is 5.38. The van der Waals surface area contributed by atoms with Gasteiger partial charge in [0.15, 0.2) is 0 Å². The van der Waals surface area contributed by atoms with Gasteiger partial charge in [-0.2, -0.15) is 5.10 Å². The quantitative estimate of drug-likeness (QED) is 0.855. The van der Waals surface area contributed by atoms with Gasteiger partial charge in [0, 0.05) is 44.8 Å². The maximum absolute atomic E-state index is 13.0. The van der Waals surface area contributed by atoms with Crippen LogP contribution in [0.15, 0.2) is 24.5 Å². The molecule has 0 aromatic carbocycles. The van der Waals surface area contributed by atoms with Crippen molar-refractivity contribution in [2.24, 2.45) is 13.0 Å². The number of rotatable bonds is 4. The van der Waals surface area contributed by atoms with Crippen molar-refractivity contribution >= 4 is 5.91 Å². The van der Waals surface area contributed by atoms with E-state index in [1.54, 1.807) is 10.9 Å². The number of nitrogens with zero attached hydrogens (tertiary/aromatic N) is 5. The van der Waals surface area contributed by atoms with Crippen molar-refractivity contribution in [2.45, 2.75) is 26.3 Å². The fourth-order valence-electron chi connectivity index (χ4n) is 4.00. The van der Waals surface area contributed by atoms with Crippen molar-refractivity contribution < 1.29 is 4.79 Å². The van der Waals surface area contributed by atoms with Crippen LogP contribution in [-0.4, -0.2) is 57.7 Å². The fourth-order valence-corrected chi connectivity index (χ4v) is 4.00. The number of hydrogen-bond donors (Lipinski definition) is 0. The van der Waals surface area contributed by atoms with Gasteiger partial charge in [0.05, 0.1) is 11.3 Å². The minimum absolute atomic E-state index is 0.0580. The molecule has 1 fully saturated rings. The predicted molar refractivity (Wildman–Crippen MR) is 97.4 cm³/mol. The van der Waals surface area contributed by atoms with Gasteiger partial charge in [-0.15, -0.1) is 0 Å². The monoisotopic (exact) mass is 341 g/mol. The molecule has 3 rings (SSSR count). The number of carbonyl (C=O) groups excluding carboxylic acids is 1. The van der Waals surface area contributed by atoms with Gasteiger partial charge >= 0.3 is 0 Å². The molecule has 2 aromatic heterocycles. The number of amides is 1. The van der Waals surface area contributed by atoms with Crippen LogP contribution in [0.25, 0.3) is 0 Å². The Kier molecular flexibility index (Phi) is 4.90. The molecule has 6 nitrogen and oxygen atoms in total. The first-order chi connectivity index (χ1) is 11.9. The van der Waals surface area contributed by atoms with Crippen LogP contribution in [0.4, 0.5) is 0 Å². The molecular formula is C19H27N5O. The van der Waals surface area contributed by atoms with Gasteiger partial charge in [0.2, 0.25) is 0 Å². The Morgan fingerprint density at radius 1 is 1.36 bits per heavy atom. The molecule has 0 radical (unpaired) electrons. The number of aromatic nitrogens is 3. The second-order valence-corrected chi connectivity index (χ2v) is 7.12. The van der Waals surface area contributed by atoms with Crippen LogP contribution in [0.3, 0.4) is 0 Å². The highest BCUT2D eigenvalue weighted by Crippen LogP contribution is 2.36. The van der Waals surface area contributed by atoms with Crippen molar-refractivity contribution in [3.63, 3.8) is 0 Å². The van der Waals surface area contributed by atoms with Gasteiger partial charge in [0.1, 0.15) is 0 Å². The molecule has 2 aromatic rings. The molecule has 134 valence electrons. The smallest absolute Gasteiger partial charge is 0.257 e. The van der Waals surface area contributed by atoms with Crippen LogP contribution in [0.5, 0.6) is 0 Å². The average Bonchev–Trinajstić information content (AvgIpc) is 3.07. The molecule has 0 spiro atoms. The Morgan fingerprint density at radius 3 is 2.72 bits per heavy atom. The Hall–Kier alpha value is -2.21. The molecule has 0 saturated carbocycles. The third kappa shape index (κ3) is 3.31. The molecule has 0 N–H and O–H groups in total. The first-order valence-electron chi connectivity index (χ1n) is 8.76. The van der Waals surface area contributed by atoms with E-state index in [0.717, 1.165) is 36.5 Å². The van der Waals surface area contributed by atoms with Crippen LogP contribution in [0, 0.1) is 19.8 Å². The molecule has 0 bridgehead atoms. The lowest BCUT2D eigenvalue weighted by molar-refractivity contribution is 0.0759. The van der Waals surface area contributed by atoms with Gasteiger partial charge in [-0.3, -0.25) is 19.4 Å². The Balaban J connectivity index is 1.77. The number of hydrogen-bond acceptors (Lipinski definition) is 4. The summed E-state index contributed by atoms with van der Waals surface area (Å²) < 4.78 is 1.78. The normalized spacial score (nSPS) is 20.8. The van der Waals surface area contributed by atoms with Gasteiger partial charge in [0.25, 0.3) is 5.91 Å². The van der Waals surface area contributed by atoms with Gasteiger partial charge in [-0.25, -0.2) is 0 Å². The van der Waals surface area contributed by atoms with Crippen molar-refractivity contribution in [1.29, 1.82) is 0 Å². The van der Waals surface area contributed by atoms with Gasteiger partial charge in [-0.05, 0) is 51.4 Å². The lowest BCUT2D eigenvalue weighted by atomic mass is 9.94. The van der Waals surface area contributed by atoms with Crippen molar-refractivity contribution in [3.05, 3.63) is 47.0 Å². The summed E-state index contributed by atoms with van der Waals surface area (Å²) in [6.45, 7) is 5.62. The second-order valence-electron chi connectivity index (χ2n) is 7.12. The van der Waals surface area contributed by atoms with Gasteiger partial charge in [-0.1, -0.05) is 6.07 Å². The van der Waals surface area contributed by atoms with Gasteiger partial charge < -0.3 is 4.90 Å². The van der Waals surface area contributed by atoms with Crippen LogP contribution >= 0.6 is 0 Å². The summed E-state index contributed by atoms with van der Waals surface area (Å²) in [5, 5.41) is 4.37. The maximum atomic E-state index is 13.0. The molecular weight excluding hydrogens is 314 g/mol. The van der Waals surface area contributed by atoms with Crippen LogP contribution < -0.4 is 0 Å². The van der Waals surface area contributed by atoms with E-state index in [1.807, 2.05) is 45.1 Å².